The van der Waals surface area contributed by atoms with Crippen LogP contribution in [0.5, 0.6) is 5.75 Å². The van der Waals surface area contributed by atoms with Gasteiger partial charge in [-0.15, -0.1) is 11.3 Å². The minimum Gasteiger partial charge on any atom is -0.494 e. The van der Waals surface area contributed by atoms with E-state index in [-0.39, 0.29) is 27.6 Å². The minimum atomic E-state index is -0.669. The van der Waals surface area contributed by atoms with E-state index >= 15 is 0 Å². The number of nitrogens with zero attached hydrogens (tertiary/aromatic N) is 2. The van der Waals surface area contributed by atoms with Gasteiger partial charge in [0.2, 0.25) is 0 Å². The van der Waals surface area contributed by atoms with Crippen molar-refractivity contribution in [3.8, 4) is 17.9 Å². The molecule has 1 aromatic carbocycles. The number of rotatable bonds is 8. The van der Waals surface area contributed by atoms with Crippen LogP contribution in [0.25, 0.3) is 6.08 Å². The van der Waals surface area contributed by atoms with E-state index in [1.807, 2.05) is 19.1 Å². The highest BCUT2D eigenvalue weighted by Gasteiger charge is 2.23. The van der Waals surface area contributed by atoms with Crippen LogP contribution >= 0.6 is 11.3 Å². The van der Waals surface area contributed by atoms with Crippen molar-refractivity contribution in [2.24, 2.45) is 0 Å². The van der Waals surface area contributed by atoms with Crippen LogP contribution < -0.4 is 10.1 Å². The molecule has 0 aliphatic carbocycles. The first-order chi connectivity index (χ1) is 14.4. The molecule has 0 fully saturated rings. The average Bonchev–Trinajstić information content (AvgIpc) is 3.06. The van der Waals surface area contributed by atoms with Crippen LogP contribution in [0.15, 0.2) is 29.8 Å². The lowest BCUT2D eigenvalue weighted by Crippen LogP contribution is -2.13. The number of esters is 1. The molecule has 1 amide bonds. The molecular formula is C22H21N3O4S. The van der Waals surface area contributed by atoms with Crippen molar-refractivity contribution in [3.05, 3.63) is 51.4 Å². The Hall–Kier alpha value is -3.62. The molecule has 0 saturated heterocycles. The average molecular weight is 423 g/mol. The number of carbonyl (C=O) groups excluding carboxylic acids is 2. The maximum absolute atomic E-state index is 12.6. The van der Waals surface area contributed by atoms with Gasteiger partial charge >= 0.3 is 5.97 Å². The molecule has 1 N–H and O–H groups in total. The standard InChI is InChI=1S/C22H21N3O4S/c1-4-10-29-17-8-6-15(7-9-17)11-16(12-23)20(26)25-21-18(13-24)14(3)19(30-21)22(27)28-5-2/h6-9,11H,4-5,10H2,1-3H3,(H,25,26). The molecule has 0 atom stereocenters. The van der Waals surface area contributed by atoms with Crippen LogP contribution in [0.1, 0.15) is 46.6 Å². The van der Waals surface area contributed by atoms with Crippen molar-refractivity contribution >= 4 is 34.3 Å². The number of thiophene rings is 1. The summed E-state index contributed by atoms with van der Waals surface area (Å²) in [5, 5.41) is 21.6. The number of anilines is 1. The Morgan fingerprint density at radius 3 is 2.47 bits per heavy atom. The molecule has 7 nitrogen and oxygen atoms in total. The summed E-state index contributed by atoms with van der Waals surface area (Å²) in [6.45, 7) is 6.11. The number of hydrogen-bond donors (Lipinski definition) is 1. The number of nitriles is 2. The van der Waals surface area contributed by atoms with Gasteiger partial charge < -0.3 is 14.8 Å². The van der Waals surface area contributed by atoms with Gasteiger partial charge in [-0.25, -0.2) is 4.79 Å². The van der Waals surface area contributed by atoms with E-state index < -0.39 is 11.9 Å². The first-order valence-corrected chi connectivity index (χ1v) is 10.1. The summed E-state index contributed by atoms with van der Waals surface area (Å²) < 4.78 is 10.5. The van der Waals surface area contributed by atoms with Crippen LogP contribution in [0.4, 0.5) is 5.00 Å². The van der Waals surface area contributed by atoms with Crippen molar-refractivity contribution in [2.75, 3.05) is 18.5 Å². The Labute approximate surface area is 179 Å². The molecule has 2 rings (SSSR count). The lowest BCUT2D eigenvalue weighted by Gasteiger charge is -2.05. The molecule has 0 bridgehead atoms. The Morgan fingerprint density at radius 2 is 1.90 bits per heavy atom. The molecule has 1 heterocycles. The third kappa shape index (κ3) is 5.47. The zero-order valence-corrected chi connectivity index (χ0v) is 17.8. The number of nitrogens with one attached hydrogen (secondary N) is 1. The van der Waals surface area contributed by atoms with E-state index in [0.717, 1.165) is 17.8 Å². The van der Waals surface area contributed by atoms with E-state index in [1.54, 1.807) is 38.1 Å². The zero-order valence-electron chi connectivity index (χ0n) is 16.9. The van der Waals surface area contributed by atoms with Crippen molar-refractivity contribution in [3.63, 3.8) is 0 Å². The highest BCUT2D eigenvalue weighted by Crippen LogP contribution is 2.33. The normalized spacial score (nSPS) is 10.6. The maximum atomic E-state index is 12.6. The molecule has 0 radical (unpaired) electrons. The second-order valence-corrected chi connectivity index (χ2v) is 7.15. The summed E-state index contributed by atoms with van der Waals surface area (Å²) in [7, 11) is 0. The molecule has 8 heteroatoms. The van der Waals surface area contributed by atoms with Gasteiger partial charge in [-0.1, -0.05) is 19.1 Å². The molecular weight excluding hydrogens is 402 g/mol. The molecule has 0 aliphatic heterocycles. The van der Waals surface area contributed by atoms with Gasteiger partial charge in [0.05, 0.1) is 18.8 Å². The molecule has 30 heavy (non-hydrogen) atoms. The fourth-order valence-corrected chi connectivity index (χ4v) is 3.54. The minimum absolute atomic E-state index is 0.134. The number of carbonyl (C=O) groups is 2. The number of ether oxygens (including phenoxy) is 2. The second kappa shape index (κ2) is 10.8. The van der Waals surface area contributed by atoms with Crippen LogP contribution in [-0.4, -0.2) is 25.1 Å². The summed E-state index contributed by atoms with van der Waals surface area (Å²) >= 11 is 0.949. The molecule has 0 spiro atoms. The molecule has 0 saturated carbocycles. The lowest BCUT2D eigenvalue weighted by molar-refractivity contribution is -0.112. The Kier molecular flexibility index (Phi) is 8.16. The number of benzene rings is 1. The Bertz CT molecular complexity index is 1040. The Morgan fingerprint density at radius 1 is 1.20 bits per heavy atom. The van der Waals surface area contributed by atoms with Gasteiger partial charge in [0.1, 0.15) is 33.3 Å². The van der Waals surface area contributed by atoms with Crippen molar-refractivity contribution in [1.29, 1.82) is 10.5 Å². The highest BCUT2D eigenvalue weighted by atomic mass is 32.1. The summed E-state index contributed by atoms with van der Waals surface area (Å²) in [6.07, 6.45) is 2.34. The summed E-state index contributed by atoms with van der Waals surface area (Å²) in [4.78, 5) is 24.9. The fourth-order valence-electron chi connectivity index (χ4n) is 2.49. The second-order valence-electron chi connectivity index (χ2n) is 6.13. The van der Waals surface area contributed by atoms with Crippen LogP contribution in [-0.2, 0) is 9.53 Å². The van der Waals surface area contributed by atoms with E-state index in [9.17, 15) is 20.1 Å². The predicted molar refractivity (Wildman–Crippen MR) is 114 cm³/mol. The number of amides is 1. The summed E-state index contributed by atoms with van der Waals surface area (Å²) in [5.74, 6) is -0.522. The molecule has 2 aromatic rings. The molecule has 1 aromatic heterocycles. The van der Waals surface area contributed by atoms with Crippen LogP contribution in [0.3, 0.4) is 0 Å². The Balaban J connectivity index is 2.24. The zero-order chi connectivity index (χ0) is 22.1. The first-order valence-electron chi connectivity index (χ1n) is 9.31. The van der Waals surface area contributed by atoms with Crippen molar-refractivity contribution in [2.45, 2.75) is 27.2 Å². The third-order valence-electron chi connectivity index (χ3n) is 3.98. The van der Waals surface area contributed by atoms with E-state index in [2.05, 4.69) is 5.32 Å². The number of hydrogen-bond acceptors (Lipinski definition) is 7. The van der Waals surface area contributed by atoms with Gasteiger partial charge in [0.15, 0.2) is 0 Å². The molecule has 0 aliphatic rings. The quantitative estimate of drug-likeness (QED) is 0.382. The largest absolute Gasteiger partial charge is 0.494 e. The third-order valence-corrected chi connectivity index (χ3v) is 5.16. The van der Waals surface area contributed by atoms with Crippen molar-refractivity contribution in [1.82, 2.24) is 0 Å². The van der Waals surface area contributed by atoms with Gasteiger partial charge in [0.25, 0.3) is 5.91 Å². The predicted octanol–water partition coefficient (Wildman–Crippen LogP) is 4.44. The van der Waals surface area contributed by atoms with E-state index in [1.165, 1.54) is 6.08 Å². The summed E-state index contributed by atoms with van der Waals surface area (Å²) in [5.41, 5.74) is 1.12. The highest BCUT2D eigenvalue weighted by molar-refractivity contribution is 7.18. The van der Waals surface area contributed by atoms with Gasteiger partial charge in [0, 0.05) is 0 Å². The smallest absolute Gasteiger partial charge is 0.348 e. The fraction of sp³-hybridized carbons (Fsp3) is 0.273. The van der Waals surface area contributed by atoms with Crippen molar-refractivity contribution < 1.29 is 19.1 Å². The topological polar surface area (TPSA) is 112 Å². The lowest BCUT2D eigenvalue weighted by atomic mass is 10.1. The molecule has 154 valence electrons. The van der Waals surface area contributed by atoms with E-state index in [4.69, 9.17) is 9.47 Å². The molecule has 0 unspecified atom stereocenters. The maximum Gasteiger partial charge on any atom is 0.348 e. The van der Waals surface area contributed by atoms with Crippen LogP contribution in [0.2, 0.25) is 0 Å². The SMILES string of the molecule is CCCOc1ccc(C=C(C#N)C(=O)Nc2sc(C(=O)OCC)c(C)c2C#N)cc1. The monoisotopic (exact) mass is 423 g/mol. The first kappa shape index (κ1) is 22.7. The van der Waals surface area contributed by atoms with Gasteiger partial charge in [-0.2, -0.15) is 10.5 Å². The van der Waals surface area contributed by atoms with Crippen LogP contribution in [0, 0.1) is 29.6 Å². The van der Waals surface area contributed by atoms with Gasteiger partial charge in [-0.05, 0) is 49.6 Å². The summed E-state index contributed by atoms with van der Waals surface area (Å²) in [6, 6.07) is 10.9. The van der Waals surface area contributed by atoms with Gasteiger partial charge in [-0.3, -0.25) is 4.79 Å². The van der Waals surface area contributed by atoms with E-state index in [0.29, 0.717) is 23.5 Å².